The van der Waals surface area contributed by atoms with Crippen LogP contribution in [0.15, 0.2) is 22.7 Å². The monoisotopic (exact) mass is 325 g/mol. The van der Waals surface area contributed by atoms with E-state index in [1.165, 1.54) is 24.0 Å². The average Bonchev–Trinajstić information content (AvgIpc) is 3.07. The van der Waals surface area contributed by atoms with E-state index in [1.54, 1.807) is 0 Å². The molecule has 1 saturated heterocycles. The first-order chi connectivity index (χ1) is 11.7. The molecule has 5 nitrogen and oxygen atoms in total. The van der Waals surface area contributed by atoms with E-state index >= 15 is 0 Å². The van der Waals surface area contributed by atoms with Gasteiger partial charge in [-0.25, -0.2) is 0 Å². The van der Waals surface area contributed by atoms with Gasteiger partial charge in [-0.05, 0) is 75.1 Å². The molecule has 1 atom stereocenters. The molecular formula is C19H23N3O2. The number of carbonyl (C=O) groups excluding carboxylic acids is 1. The molecule has 1 fully saturated rings. The highest BCUT2D eigenvalue weighted by molar-refractivity contribution is 5.94. The first-order valence-corrected chi connectivity index (χ1v) is 8.95. The van der Waals surface area contributed by atoms with Crippen LogP contribution in [0.3, 0.4) is 0 Å². The number of aromatic nitrogens is 2. The number of amides is 1. The van der Waals surface area contributed by atoms with Gasteiger partial charge in [-0.3, -0.25) is 4.79 Å². The first-order valence-electron chi connectivity index (χ1n) is 8.95. The van der Waals surface area contributed by atoms with Crippen LogP contribution in [0, 0.1) is 6.92 Å². The second-order valence-corrected chi connectivity index (χ2v) is 6.88. The van der Waals surface area contributed by atoms with E-state index in [0.717, 1.165) is 44.2 Å². The molecule has 5 heteroatoms. The Balaban J connectivity index is 1.62. The van der Waals surface area contributed by atoms with Crippen molar-refractivity contribution in [1.29, 1.82) is 0 Å². The Bertz CT molecular complexity index is 753. The van der Waals surface area contributed by atoms with Crippen LogP contribution in [0.2, 0.25) is 0 Å². The van der Waals surface area contributed by atoms with Crippen molar-refractivity contribution in [2.24, 2.45) is 0 Å². The molecule has 2 heterocycles. The van der Waals surface area contributed by atoms with E-state index in [4.69, 9.17) is 4.52 Å². The lowest BCUT2D eigenvalue weighted by molar-refractivity contribution is 0.0561. The number of benzene rings is 1. The number of aryl methyl sites for hydroxylation is 3. The van der Waals surface area contributed by atoms with Crippen LogP contribution in [0.1, 0.15) is 71.3 Å². The summed E-state index contributed by atoms with van der Waals surface area (Å²) in [4.78, 5) is 19.4. The van der Waals surface area contributed by atoms with Crippen molar-refractivity contribution in [1.82, 2.24) is 15.0 Å². The van der Waals surface area contributed by atoms with Crippen molar-refractivity contribution in [3.63, 3.8) is 0 Å². The Kier molecular flexibility index (Phi) is 4.08. The summed E-state index contributed by atoms with van der Waals surface area (Å²) in [6.45, 7) is 2.56. The summed E-state index contributed by atoms with van der Waals surface area (Å²) in [5, 5.41) is 3.89. The van der Waals surface area contributed by atoms with Gasteiger partial charge in [0.2, 0.25) is 5.89 Å². The van der Waals surface area contributed by atoms with Crippen LogP contribution >= 0.6 is 0 Å². The Morgan fingerprint density at radius 2 is 2.00 bits per heavy atom. The molecule has 1 aliphatic carbocycles. The molecule has 2 aliphatic rings. The molecule has 2 aromatic rings. The lowest BCUT2D eigenvalue weighted by atomic mass is 9.90. The number of hydrogen-bond donors (Lipinski definition) is 0. The van der Waals surface area contributed by atoms with E-state index in [-0.39, 0.29) is 11.9 Å². The molecule has 126 valence electrons. The quantitative estimate of drug-likeness (QED) is 0.846. The van der Waals surface area contributed by atoms with Gasteiger partial charge in [0.25, 0.3) is 5.91 Å². The van der Waals surface area contributed by atoms with Gasteiger partial charge in [-0.15, -0.1) is 0 Å². The molecular weight excluding hydrogens is 302 g/mol. The van der Waals surface area contributed by atoms with Crippen molar-refractivity contribution < 1.29 is 9.32 Å². The zero-order chi connectivity index (χ0) is 16.5. The standard InChI is InChI=1S/C19H23N3O2/c1-13-20-18(24-21-13)17-8-4-5-11-22(17)19(23)16-10-9-14-6-2-3-7-15(14)12-16/h9-10,12,17H,2-8,11H2,1H3/t17-/m0/s1. The average molecular weight is 325 g/mol. The Morgan fingerprint density at radius 3 is 2.79 bits per heavy atom. The van der Waals surface area contributed by atoms with Gasteiger partial charge in [0, 0.05) is 12.1 Å². The number of fused-ring (bicyclic) bond motifs is 1. The van der Waals surface area contributed by atoms with Crippen molar-refractivity contribution in [3.8, 4) is 0 Å². The topological polar surface area (TPSA) is 59.2 Å². The molecule has 1 aromatic heterocycles. The van der Waals surface area contributed by atoms with Gasteiger partial charge >= 0.3 is 0 Å². The summed E-state index contributed by atoms with van der Waals surface area (Å²) >= 11 is 0. The minimum absolute atomic E-state index is 0.0870. The van der Waals surface area contributed by atoms with E-state index in [0.29, 0.717) is 11.7 Å². The van der Waals surface area contributed by atoms with Crippen LogP contribution in [0.5, 0.6) is 0 Å². The molecule has 1 amide bonds. The fourth-order valence-electron chi connectivity index (χ4n) is 3.91. The molecule has 0 spiro atoms. The molecule has 1 aliphatic heterocycles. The molecule has 24 heavy (non-hydrogen) atoms. The minimum Gasteiger partial charge on any atom is -0.337 e. The maximum absolute atomic E-state index is 13.1. The lowest BCUT2D eigenvalue weighted by Crippen LogP contribution is -2.38. The third-order valence-electron chi connectivity index (χ3n) is 5.19. The highest BCUT2D eigenvalue weighted by Crippen LogP contribution is 2.32. The van der Waals surface area contributed by atoms with Crippen molar-refractivity contribution in [2.75, 3.05) is 6.54 Å². The molecule has 4 rings (SSSR count). The van der Waals surface area contributed by atoms with Gasteiger partial charge < -0.3 is 9.42 Å². The Hall–Kier alpha value is -2.17. The maximum Gasteiger partial charge on any atom is 0.254 e. The zero-order valence-corrected chi connectivity index (χ0v) is 14.1. The zero-order valence-electron chi connectivity index (χ0n) is 14.1. The normalized spacial score (nSPS) is 20.7. The van der Waals surface area contributed by atoms with Gasteiger partial charge in [0.05, 0.1) is 0 Å². The van der Waals surface area contributed by atoms with Crippen LogP contribution in [-0.4, -0.2) is 27.5 Å². The molecule has 0 unspecified atom stereocenters. The van der Waals surface area contributed by atoms with Crippen molar-refractivity contribution in [2.45, 2.75) is 57.9 Å². The maximum atomic E-state index is 13.1. The van der Waals surface area contributed by atoms with E-state index in [2.05, 4.69) is 22.3 Å². The van der Waals surface area contributed by atoms with Crippen molar-refractivity contribution >= 4 is 5.91 Å². The summed E-state index contributed by atoms with van der Waals surface area (Å²) in [7, 11) is 0. The van der Waals surface area contributed by atoms with E-state index in [1.807, 2.05) is 17.9 Å². The molecule has 0 radical (unpaired) electrons. The molecule has 0 saturated carbocycles. The molecule has 0 bridgehead atoms. The number of rotatable bonds is 2. The second kappa shape index (κ2) is 6.38. The summed E-state index contributed by atoms with van der Waals surface area (Å²) in [6.07, 6.45) is 7.70. The van der Waals surface area contributed by atoms with E-state index in [9.17, 15) is 4.79 Å². The number of hydrogen-bond acceptors (Lipinski definition) is 4. The number of nitrogens with zero attached hydrogens (tertiary/aromatic N) is 3. The highest BCUT2D eigenvalue weighted by atomic mass is 16.5. The Labute approximate surface area is 142 Å². The number of carbonyl (C=O) groups is 1. The van der Waals surface area contributed by atoms with Gasteiger partial charge in [0.1, 0.15) is 6.04 Å². The van der Waals surface area contributed by atoms with Gasteiger partial charge in [-0.2, -0.15) is 4.98 Å². The number of likely N-dealkylation sites (tertiary alicyclic amines) is 1. The summed E-state index contributed by atoms with van der Waals surface area (Å²) in [5.41, 5.74) is 3.54. The molecule has 1 aromatic carbocycles. The predicted octanol–water partition coefficient (Wildman–Crippen LogP) is 3.62. The predicted molar refractivity (Wildman–Crippen MR) is 89.7 cm³/mol. The second-order valence-electron chi connectivity index (χ2n) is 6.88. The third-order valence-corrected chi connectivity index (χ3v) is 5.19. The third kappa shape index (κ3) is 2.83. The Morgan fingerprint density at radius 1 is 1.17 bits per heavy atom. The fraction of sp³-hybridized carbons (Fsp3) is 0.526. The fourth-order valence-corrected chi connectivity index (χ4v) is 3.91. The lowest BCUT2D eigenvalue weighted by Gasteiger charge is -2.33. The molecule has 0 N–H and O–H groups in total. The van der Waals surface area contributed by atoms with Crippen LogP contribution in [-0.2, 0) is 12.8 Å². The van der Waals surface area contributed by atoms with E-state index < -0.39 is 0 Å². The largest absolute Gasteiger partial charge is 0.337 e. The minimum atomic E-state index is -0.0940. The van der Waals surface area contributed by atoms with Crippen LogP contribution in [0.25, 0.3) is 0 Å². The highest BCUT2D eigenvalue weighted by Gasteiger charge is 2.32. The summed E-state index contributed by atoms with van der Waals surface area (Å²) in [6, 6.07) is 6.12. The van der Waals surface area contributed by atoms with Crippen molar-refractivity contribution in [3.05, 3.63) is 46.6 Å². The smallest absolute Gasteiger partial charge is 0.254 e. The summed E-state index contributed by atoms with van der Waals surface area (Å²) < 4.78 is 5.36. The number of piperidine rings is 1. The van der Waals surface area contributed by atoms with Crippen LogP contribution < -0.4 is 0 Å². The van der Waals surface area contributed by atoms with Gasteiger partial charge in [-0.1, -0.05) is 11.2 Å². The van der Waals surface area contributed by atoms with Crippen LogP contribution in [0.4, 0.5) is 0 Å². The first kappa shape index (κ1) is 15.4. The summed E-state index contributed by atoms with van der Waals surface area (Å²) in [5.74, 6) is 1.28. The SMILES string of the molecule is Cc1noc([C@@H]2CCCCN2C(=O)c2ccc3c(c2)CCCC3)n1. The van der Waals surface area contributed by atoms with Gasteiger partial charge in [0.15, 0.2) is 5.82 Å².